The van der Waals surface area contributed by atoms with Gasteiger partial charge in [0.05, 0.1) is 13.2 Å². The maximum atomic E-state index is 5.80. The summed E-state index contributed by atoms with van der Waals surface area (Å²) in [5, 5.41) is 2.34. The van der Waals surface area contributed by atoms with E-state index in [1.54, 1.807) is 0 Å². The van der Waals surface area contributed by atoms with Crippen LogP contribution in [0.3, 0.4) is 0 Å². The van der Waals surface area contributed by atoms with Crippen LogP contribution < -0.4 is 5.73 Å². The highest BCUT2D eigenvalue weighted by molar-refractivity contribution is 6.04. The van der Waals surface area contributed by atoms with Crippen LogP contribution in [0.25, 0.3) is 21.9 Å². The second-order valence-electron chi connectivity index (χ2n) is 4.58. The zero-order chi connectivity index (χ0) is 13.1. The first-order valence-corrected chi connectivity index (χ1v) is 6.56. The Hall–Kier alpha value is -1.84. The normalized spacial score (nSPS) is 11.4. The molecular formula is C16H17NO2. The minimum Gasteiger partial charge on any atom is -0.456 e. The number of ether oxygens (including phenoxy) is 1. The van der Waals surface area contributed by atoms with Gasteiger partial charge in [0.1, 0.15) is 11.2 Å². The predicted octanol–water partition coefficient (Wildman–Crippen LogP) is 3.10. The van der Waals surface area contributed by atoms with Crippen molar-refractivity contribution in [1.29, 1.82) is 0 Å². The van der Waals surface area contributed by atoms with Crippen LogP contribution in [0.2, 0.25) is 0 Å². The minimum absolute atomic E-state index is 0.575. The van der Waals surface area contributed by atoms with Crippen molar-refractivity contribution < 1.29 is 9.15 Å². The summed E-state index contributed by atoms with van der Waals surface area (Å²) < 4.78 is 11.2. The van der Waals surface area contributed by atoms with Crippen molar-refractivity contribution in [3.8, 4) is 0 Å². The van der Waals surface area contributed by atoms with Gasteiger partial charge in [-0.15, -0.1) is 0 Å². The van der Waals surface area contributed by atoms with Crippen molar-refractivity contribution in [2.75, 3.05) is 19.8 Å². The number of para-hydroxylation sites is 1. The summed E-state index contributed by atoms with van der Waals surface area (Å²) in [5.74, 6) is 0. The Morgan fingerprint density at radius 3 is 2.68 bits per heavy atom. The molecule has 0 aliphatic rings. The standard InChI is InChI=1S/C16H17NO2/c17-8-10-18-9-7-12-5-6-16-14(11-12)13-3-1-2-4-15(13)19-16/h1-6,11H,7-10,17H2. The highest BCUT2D eigenvalue weighted by Crippen LogP contribution is 2.29. The smallest absolute Gasteiger partial charge is 0.135 e. The van der Waals surface area contributed by atoms with Crippen LogP contribution in [0.4, 0.5) is 0 Å². The number of hydrogen-bond acceptors (Lipinski definition) is 3. The molecule has 2 N–H and O–H groups in total. The highest BCUT2D eigenvalue weighted by Gasteiger charge is 2.06. The van der Waals surface area contributed by atoms with Crippen LogP contribution in [-0.2, 0) is 11.2 Å². The summed E-state index contributed by atoms with van der Waals surface area (Å²) in [5.41, 5.74) is 8.53. The van der Waals surface area contributed by atoms with Gasteiger partial charge in [-0.05, 0) is 30.2 Å². The molecule has 0 aliphatic heterocycles. The van der Waals surface area contributed by atoms with Gasteiger partial charge in [-0.1, -0.05) is 24.3 Å². The van der Waals surface area contributed by atoms with E-state index < -0.39 is 0 Å². The van der Waals surface area contributed by atoms with Crippen LogP contribution in [0, 0.1) is 0 Å². The molecule has 0 unspecified atom stereocenters. The lowest BCUT2D eigenvalue weighted by atomic mass is 10.1. The molecule has 19 heavy (non-hydrogen) atoms. The third kappa shape index (κ3) is 2.48. The van der Waals surface area contributed by atoms with Gasteiger partial charge >= 0.3 is 0 Å². The summed E-state index contributed by atoms with van der Waals surface area (Å²) in [6.45, 7) is 1.90. The molecule has 3 rings (SSSR count). The van der Waals surface area contributed by atoms with Crippen LogP contribution >= 0.6 is 0 Å². The van der Waals surface area contributed by atoms with E-state index in [1.807, 2.05) is 24.3 Å². The molecule has 0 fully saturated rings. The van der Waals surface area contributed by atoms with Crippen molar-refractivity contribution in [2.45, 2.75) is 6.42 Å². The molecule has 0 amide bonds. The molecule has 3 nitrogen and oxygen atoms in total. The number of fused-ring (bicyclic) bond motifs is 3. The fraction of sp³-hybridized carbons (Fsp3) is 0.250. The van der Waals surface area contributed by atoms with E-state index in [0.29, 0.717) is 19.8 Å². The average Bonchev–Trinajstić information content (AvgIpc) is 2.82. The fourth-order valence-corrected chi connectivity index (χ4v) is 2.30. The third-order valence-corrected chi connectivity index (χ3v) is 3.24. The number of rotatable bonds is 5. The van der Waals surface area contributed by atoms with E-state index in [1.165, 1.54) is 16.3 Å². The molecule has 0 saturated carbocycles. The van der Waals surface area contributed by atoms with E-state index in [0.717, 1.165) is 17.6 Å². The van der Waals surface area contributed by atoms with Crippen LogP contribution in [0.5, 0.6) is 0 Å². The Labute approximate surface area is 112 Å². The van der Waals surface area contributed by atoms with Crippen molar-refractivity contribution in [1.82, 2.24) is 0 Å². The Kier molecular flexibility index (Phi) is 3.49. The number of furan rings is 1. The first kappa shape index (κ1) is 12.2. The molecule has 0 bridgehead atoms. The summed E-state index contributed by atoms with van der Waals surface area (Å²) in [6.07, 6.45) is 0.898. The van der Waals surface area contributed by atoms with Crippen molar-refractivity contribution in [2.24, 2.45) is 5.73 Å². The fourth-order valence-electron chi connectivity index (χ4n) is 2.30. The van der Waals surface area contributed by atoms with Gasteiger partial charge < -0.3 is 14.9 Å². The van der Waals surface area contributed by atoms with E-state index in [-0.39, 0.29) is 0 Å². The van der Waals surface area contributed by atoms with Gasteiger partial charge in [-0.2, -0.15) is 0 Å². The number of nitrogens with two attached hydrogens (primary N) is 1. The Bertz CT molecular complexity index is 687. The number of hydrogen-bond donors (Lipinski definition) is 1. The van der Waals surface area contributed by atoms with Crippen LogP contribution in [-0.4, -0.2) is 19.8 Å². The van der Waals surface area contributed by atoms with Gasteiger partial charge in [-0.3, -0.25) is 0 Å². The van der Waals surface area contributed by atoms with Gasteiger partial charge in [0.15, 0.2) is 0 Å². The van der Waals surface area contributed by atoms with Gasteiger partial charge in [-0.25, -0.2) is 0 Å². The average molecular weight is 255 g/mol. The quantitative estimate of drug-likeness (QED) is 0.713. The predicted molar refractivity (Wildman–Crippen MR) is 77.3 cm³/mol. The highest BCUT2D eigenvalue weighted by atomic mass is 16.5. The molecular weight excluding hydrogens is 238 g/mol. The molecule has 0 radical (unpaired) electrons. The molecule has 1 aromatic heterocycles. The Morgan fingerprint density at radius 2 is 1.79 bits per heavy atom. The molecule has 2 aromatic carbocycles. The first-order valence-electron chi connectivity index (χ1n) is 6.56. The number of benzene rings is 2. The second kappa shape index (κ2) is 5.43. The van der Waals surface area contributed by atoms with E-state index in [4.69, 9.17) is 14.9 Å². The second-order valence-corrected chi connectivity index (χ2v) is 4.58. The summed E-state index contributed by atoms with van der Waals surface area (Å²) in [4.78, 5) is 0. The third-order valence-electron chi connectivity index (χ3n) is 3.24. The summed E-state index contributed by atoms with van der Waals surface area (Å²) in [7, 11) is 0. The van der Waals surface area contributed by atoms with Gasteiger partial charge in [0, 0.05) is 17.3 Å². The monoisotopic (exact) mass is 255 g/mol. The summed E-state index contributed by atoms with van der Waals surface area (Å²) >= 11 is 0. The lowest BCUT2D eigenvalue weighted by Gasteiger charge is -2.02. The van der Waals surface area contributed by atoms with E-state index in [2.05, 4.69) is 18.2 Å². The van der Waals surface area contributed by atoms with Crippen LogP contribution in [0.1, 0.15) is 5.56 Å². The minimum atomic E-state index is 0.575. The zero-order valence-corrected chi connectivity index (χ0v) is 10.8. The SMILES string of the molecule is NCCOCCc1ccc2oc3ccccc3c2c1. The largest absolute Gasteiger partial charge is 0.456 e. The lowest BCUT2D eigenvalue weighted by Crippen LogP contribution is -2.10. The van der Waals surface area contributed by atoms with Gasteiger partial charge in [0.25, 0.3) is 0 Å². The first-order chi connectivity index (χ1) is 9.38. The van der Waals surface area contributed by atoms with Crippen molar-refractivity contribution in [3.05, 3.63) is 48.0 Å². The maximum absolute atomic E-state index is 5.80. The summed E-state index contributed by atoms with van der Waals surface area (Å²) in [6, 6.07) is 14.4. The topological polar surface area (TPSA) is 48.4 Å². The van der Waals surface area contributed by atoms with Gasteiger partial charge in [0.2, 0.25) is 0 Å². The molecule has 1 heterocycles. The maximum Gasteiger partial charge on any atom is 0.135 e. The molecule has 3 heteroatoms. The lowest BCUT2D eigenvalue weighted by molar-refractivity contribution is 0.145. The van der Waals surface area contributed by atoms with Crippen molar-refractivity contribution >= 4 is 21.9 Å². The Balaban J connectivity index is 1.89. The zero-order valence-electron chi connectivity index (χ0n) is 10.8. The molecule has 98 valence electrons. The Morgan fingerprint density at radius 1 is 0.947 bits per heavy atom. The molecule has 3 aromatic rings. The molecule has 0 saturated heterocycles. The molecule has 0 atom stereocenters. The van der Waals surface area contributed by atoms with E-state index >= 15 is 0 Å². The van der Waals surface area contributed by atoms with Crippen molar-refractivity contribution in [3.63, 3.8) is 0 Å². The molecule has 0 aliphatic carbocycles. The van der Waals surface area contributed by atoms with E-state index in [9.17, 15) is 0 Å². The van der Waals surface area contributed by atoms with Crippen LogP contribution in [0.15, 0.2) is 46.9 Å². The molecule has 0 spiro atoms.